The summed E-state index contributed by atoms with van der Waals surface area (Å²) in [5.74, 6) is 0. The van der Waals surface area contributed by atoms with E-state index in [0.29, 0.717) is 0 Å². The highest BCUT2D eigenvalue weighted by Crippen LogP contribution is 2.33. The van der Waals surface area contributed by atoms with Crippen molar-refractivity contribution in [3.63, 3.8) is 0 Å². The molecule has 2 aliphatic heterocycles. The smallest absolute Gasteiger partial charge is 0.187 e. The molecule has 0 aliphatic carbocycles. The van der Waals surface area contributed by atoms with Gasteiger partial charge in [0.05, 0.1) is 13.2 Å². The van der Waals surface area contributed by atoms with Gasteiger partial charge in [0, 0.05) is 56.9 Å². The molecule has 0 radical (unpaired) electrons. The lowest BCUT2D eigenvalue weighted by Crippen LogP contribution is -2.66. The van der Waals surface area contributed by atoms with Crippen LogP contribution in [0.4, 0.5) is 0 Å². The van der Waals surface area contributed by atoms with Gasteiger partial charge in [0.1, 0.15) is 48.8 Å². The van der Waals surface area contributed by atoms with E-state index in [1.54, 1.807) is 56.9 Å². The van der Waals surface area contributed by atoms with E-state index >= 15 is 0 Å². The van der Waals surface area contributed by atoms with Crippen LogP contribution in [0.2, 0.25) is 0 Å². The van der Waals surface area contributed by atoms with Crippen molar-refractivity contribution in [3.05, 3.63) is 0 Å². The molecular formula is C20H38O11. The standard InChI is InChI=1S/C20H38O11/c1-21-9-11-13(23-3)15(25-5)17(26-6)20(30-11)31-16-14(24-4)12(10-22-2)29-19(28-8)18(16)27-7/h11-20H,9-10H2,1-8H3/t11-,12-,13-,14-,15+,16+,17-,18-,19?,20+/m1/s1. The minimum absolute atomic E-state index is 0.284. The van der Waals surface area contributed by atoms with Gasteiger partial charge in [-0.2, -0.15) is 0 Å². The summed E-state index contributed by atoms with van der Waals surface area (Å²) in [4.78, 5) is 0. The molecular weight excluding hydrogens is 416 g/mol. The number of hydrogen-bond acceptors (Lipinski definition) is 11. The van der Waals surface area contributed by atoms with E-state index in [9.17, 15) is 0 Å². The molecule has 0 bridgehead atoms. The molecule has 184 valence electrons. The number of ether oxygens (including phenoxy) is 11. The molecule has 2 saturated heterocycles. The van der Waals surface area contributed by atoms with Crippen molar-refractivity contribution in [2.24, 2.45) is 0 Å². The van der Waals surface area contributed by atoms with Crippen molar-refractivity contribution in [1.82, 2.24) is 0 Å². The van der Waals surface area contributed by atoms with E-state index in [1.807, 2.05) is 0 Å². The average molecular weight is 455 g/mol. The van der Waals surface area contributed by atoms with Gasteiger partial charge < -0.3 is 52.1 Å². The average Bonchev–Trinajstić information content (AvgIpc) is 2.78. The Morgan fingerprint density at radius 2 is 0.871 bits per heavy atom. The van der Waals surface area contributed by atoms with Crippen LogP contribution in [0.5, 0.6) is 0 Å². The first-order chi connectivity index (χ1) is 15.0. The van der Waals surface area contributed by atoms with Gasteiger partial charge in [-0.15, -0.1) is 0 Å². The van der Waals surface area contributed by atoms with Gasteiger partial charge in [-0.3, -0.25) is 0 Å². The lowest BCUT2D eigenvalue weighted by Gasteiger charge is -2.49. The summed E-state index contributed by atoms with van der Waals surface area (Å²) in [6.45, 7) is 0.573. The SMILES string of the molecule is COC[C@H]1O[C@@H](O[C@H]2[C@H](OC)[C@@H](COC)OC(OC)[C@@H]2OC)[C@H](OC)[C@@H](OC)[C@@H]1OC. The second kappa shape index (κ2) is 13.3. The summed E-state index contributed by atoms with van der Waals surface area (Å²) >= 11 is 0. The quantitative estimate of drug-likeness (QED) is 0.393. The predicted molar refractivity (Wildman–Crippen MR) is 107 cm³/mol. The summed E-state index contributed by atoms with van der Waals surface area (Å²) in [5.41, 5.74) is 0. The molecule has 0 aromatic carbocycles. The molecule has 11 heteroatoms. The Morgan fingerprint density at radius 3 is 1.29 bits per heavy atom. The third kappa shape index (κ3) is 5.92. The number of rotatable bonds is 12. The Labute approximate surface area is 184 Å². The highest BCUT2D eigenvalue weighted by atomic mass is 16.8. The fourth-order valence-corrected chi connectivity index (χ4v) is 4.30. The van der Waals surface area contributed by atoms with Crippen molar-refractivity contribution < 1.29 is 52.1 Å². The van der Waals surface area contributed by atoms with Crippen LogP contribution < -0.4 is 0 Å². The van der Waals surface area contributed by atoms with E-state index in [-0.39, 0.29) is 13.2 Å². The Morgan fingerprint density at radius 1 is 0.452 bits per heavy atom. The summed E-state index contributed by atoms with van der Waals surface area (Å²) in [6, 6.07) is 0. The van der Waals surface area contributed by atoms with Crippen LogP contribution in [-0.2, 0) is 52.1 Å². The molecule has 1 unspecified atom stereocenters. The molecule has 11 nitrogen and oxygen atoms in total. The largest absolute Gasteiger partial charge is 0.382 e. The lowest BCUT2D eigenvalue weighted by atomic mass is 9.96. The third-order valence-electron chi connectivity index (χ3n) is 5.73. The molecule has 0 saturated carbocycles. The Bertz CT molecular complexity index is 496. The molecule has 0 aromatic rings. The Hall–Kier alpha value is -0.440. The van der Waals surface area contributed by atoms with Crippen LogP contribution in [0.15, 0.2) is 0 Å². The Kier molecular flexibility index (Phi) is 11.5. The zero-order valence-corrected chi connectivity index (χ0v) is 19.7. The van der Waals surface area contributed by atoms with Crippen LogP contribution in [0, 0.1) is 0 Å². The summed E-state index contributed by atoms with van der Waals surface area (Å²) in [5, 5.41) is 0. The second-order valence-electron chi connectivity index (χ2n) is 7.33. The first-order valence-corrected chi connectivity index (χ1v) is 10.2. The van der Waals surface area contributed by atoms with Crippen LogP contribution in [0.1, 0.15) is 0 Å². The lowest BCUT2D eigenvalue weighted by molar-refractivity contribution is -0.366. The van der Waals surface area contributed by atoms with Gasteiger partial charge >= 0.3 is 0 Å². The van der Waals surface area contributed by atoms with Crippen molar-refractivity contribution >= 4 is 0 Å². The van der Waals surface area contributed by atoms with E-state index in [2.05, 4.69) is 0 Å². The number of methoxy groups -OCH3 is 8. The van der Waals surface area contributed by atoms with Gasteiger partial charge in [0.2, 0.25) is 0 Å². The van der Waals surface area contributed by atoms with Crippen LogP contribution in [0.3, 0.4) is 0 Å². The zero-order chi connectivity index (χ0) is 23.0. The summed E-state index contributed by atoms with van der Waals surface area (Å²) in [7, 11) is 12.6. The van der Waals surface area contributed by atoms with Crippen molar-refractivity contribution in [3.8, 4) is 0 Å². The van der Waals surface area contributed by atoms with Gasteiger partial charge in [0.25, 0.3) is 0 Å². The molecule has 2 heterocycles. The molecule has 0 N–H and O–H groups in total. The van der Waals surface area contributed by atoms with Gasteiger partial charge in [-0.05, 0) is 0 Å². The highest BCUT2D eigenvalue weighted by Gasteiger charge is 2.53. The van der Waals surface area contributed by atoms with Crippen LogP contribution in [0.25, 0.3) is 0 Å². The molecule has 0 aromatic heterocycles. The molecule has 10 atom stereocenters. The predicted octanol–water partition coefficient (Wildman–Crippen LogP) is -0.164. The zero-order valence-electron chi connectivity index (χ0n) is 19.7. The Balaban J connectivity index is 2.34. The fourth-order valence-electron chi connectivity index (χ4n) is 4.30. The monoisotopic (exact) mass is 454 g/mol. The third-order valence-corrected chi connectivity index (χ3v) is 5.73. The van der Waals surface area contributed by atoms with Crippen LogP contribution >= 0.6 is 0 Å². The fraction of sp³-hybridized carbons (Fsp3) is 1.00. The van der Waals surface area contributed by atoms with Gasteiger partial charge in [-0.25, -0.2) is 0 Å². The topological polar surface area (TPSA) is 102 Å². The minimum atomic E-state index is -0.819. The molecule has 2 rings (SSSR count). The molecule has 2 aliphatic rings. The van der Waals surface area contributed by atoms with Crippen molar-refractivity contribution in [2.45, 2.75) is 61.4 Å². The van der Waals surface area contributed by atoms with E-state index in [4.69, 9.17) is 52.1 Å². The maximum Gasteiger partial charge on any atom is 0.187 e. The van der Waals surface area contributed by atoms with E-state index < -0.39 is 61.4 Å². The van der Waals surface area contributed by atoms with E-state index in [1.165, 1.54) is 0 Å². The maximum atomic E-state index is 6.45. The van der Waals surface area contributed by atoms with Gasteiger partial charge in [0.15, 0.2) is 12.6 Å². The maximum absolute atomic E-state index is 6.45. The normalized spacial score (nSPS) is 41.4. The first-order valence-electron chi connectivity index (χ1n) is 10.2. The molecule has 2 fully saturated rings. The number of hydrogen-bond donors (Lipinski definition) is 0. The molecule has 0 amide bonds. The van der Waals surface area contributed by atoms with E-state index in [0.717, 1.165) is 0 Å². The van der Waals surface area contributed by atoms with Crippen LogP contribution in [-0.4, -0.2) is 132 Å². The first kappa shape index (κ1) is 26.8. The highest BCUT2D eigenvalue weighted by molar-refractivity contribution is 4.96. The summed E-state index contributed by atoms with van der Waals surface area (Å²) < 4.78 is 63.2. The molecule has 31 heavy (non-hydrogen) atoms. The minimum Gasteiger partial charge on any atom is -0.382 e. The second-order valence-corrected chi connectivity index (χ2v) is 7.33. The van der Waals surface area contributed by atoms with Gasteiger partial charge in [-0.1, -0.05) is 0 Å². The summed E-state index contributed by atoms with van der Waals surface area (Å²) in [6.07, 6.45) is -5.56. The van der Waals surface area contributed by atoms with Crippen molar-refractivity contribution in [1.29, 1.82) is 0 Å². The molecule has 0 spiro atoms. The van der Waals surface area contributed by atoms with Crippen molar-refractivity contribution in [2.75, 3.05) is 70.1 Å².